The summed E-state index contributed by atoms with van der Waals surface area (Å²) in [6.45, 7) is 3.97. The van der Waals surface area contributed by atoms with Crippen LogP contribution in [0.1, 0.15) is 24.0 Å². The molecule has 0 aliphatic carbocycles. The molecule has 1 fully saturated rings. The number of hydrogen-bond acceptors (Lipinski definition) is 4. The van der Waals surface area contributed by atoms with Crippen LogP contribution in [-0.2, 0) is 11.3 Å². The van der Waals surface area contributed by atoms with Crippen LogP contribution >= 0.6 is 12.4 Å². The summed E-state index contributed by atoms with van der Waals surface area (Å²) in [5, 5.41) is 3.02. The summed E-state index contributed by atoms with van der Waals surface area (Å²) in [6, 6.07) is 17.9. The van der Waals surface area contributed by atoms with Crippen molar-refractivity contribution in [3.63, 3.8) is 0 Å². The molecule has 27 heavy (non-hydrogen) atoms. The number of hydrogen-bond donors (Lipinski definition) is 2. The second kappa shape index (κ2) is 9.74. The van der Waals surface area contributed by atoms with Crippen molar-refractivity contribution >= 4 is 18.3 Å². The van der Waals surface area contributed by atoms with Gasteiger partial charge in [-0.15, -0.1) is 12.4 Å². The average Bonchev–Trinajstić information content (AvgIpc) is 3.08. The number of ether oxygens (including phenoxy) is 1. The fourth-order valence-corrected chi connectivity index (χ4v) is 3.51. The van der Waals surface area contributed by atoms with Crippen molar-refractivity contribution in [1.29, 1.82) is 0 Å². The van der Waals surface area contributed by atoms with Gasteiger partial charge >= 0.3 is 0 Å². The summed E-state index contributed by atoms with van der Waals surface area (Å²) >= 11 is 0. The average molecular weight is 390 g/mol. The Labute approximate surface area is 167 Å². The zero-order chi connectivity index (χ0) is 18.5. The molecule has 3 N–H and O–H groups in total. The molecule has 0 spiro atoms. The number of nitrogens with two attached hydrogens (primary N) is 1. The van der Waals surface area contributed by atoms with Gasteiger partial charge in [-0.3, -0.25) is 9.69 Å². The number of likely N-dealkylation sites (tertiary alicyclic amines) is 1. The van der Waals surface area contributed by atoms with Crippen molar-refractivity contribution in [2.75, 3.05) is 20.2 Å². The van der Waals surface area contributed by atoms with Crippen LogP contribution in [0.3, 0.4) is 0 Å². The predicted molar refractivity (Wildman–Crippen MR) is 110 cm³/mol. The molecule has 3 rings (SSSR count). The fourth-order valence-electron chi connectivity index (χ4n) is 3.51. The maximum Gasteiger partial charge on any atom is 0.237 e. The van der Waals surface area contributed by atoms with E-state index in [1.165, 1.54) is 5.56 Å². The number of carbonyl (C=O) groups is 1. The minimum atomic E-state index is -0.208. The molecule has 1 saturated heterocycles. The molecule has 1 amide bonds. The number of nitrogens with one attached hydrogen (secondary N) is 1. The number of halogens is 1. The van der Waals surface area contributed by atoms with E-state index < -0.39 is 0 Å². The summed E-state index contributed by atoms with van der Waals surface area (Å²) in [4.78, 5) is 14.8. The quantitative estimate of drug-likeness (QED) is 0.796. The van der Waals surface area contributed by atoms with Gasteiger partial charge in [0.05, 0.1) is 13.2 Å². The van der Waals surface area contributed by atoms with Crippen LogP contribution in [-0.4, -0.2) is 43.1 Å². The van der Waals surface area contributed by atoms with Gasteiger partial charge < -0.3 is 15.8 Å². The normalized spacial score (nSPS) is 20.6. The van der Waals surface area contributed by atoms with E-state index in [1.807, 2.05) is 49.4 Å². The second-order valence-corrected chi connectivity index (χ2v) is 6.88. The SMILES string of the molecule is COc1cccc(CNC(=O)C(C)N2C[C@@H](N)[C@H](c3ccccc3)C2)c1.Cl. The monoisotopic (exact) mass is 389 g/mol. The van der Waals surface area contributed by atoms with Gasteiger partial charge in [-0.05, 0) is 30.2 Å². The van der Waals surface area contributed by atoms with Crippen LogP contribution in [0.15, 0.2) is 54.6 Å². The van der Waals surface area contributed by atoms with Crippen LogP contribution in [0.25, 0.3) is 0 Å². The number of benzene rings is 2. The number of carbonyl (C=O) groups excluding carboxylic acids is 1. The molecule has 1 unspecified atom stereocenters. The third-order valence-electron chi connectivity index (χ3n) is 5.15. The maximum absolute atomic E-state index is 12.6. The molecular weight excluding hydrogens is 362 g/mol. The fraction of sp³-hybridized carbons (Fsp3) is 0.381. The van der Waals surface area contributed by atoms with E-state index in [1.54, 1.807) is 7.11 Å². The molecule has 0 bridgehead atoms. The largest absolute Gasteiger partial charge is 0.497 e. The van der Waals surface area contributed by atoms with Crippen molar-refractivity contribution in [1.82, 2.24) is 10.2 Å². The summed E-state index contributed by atoms with van der Waals surface area (Å²) in [5.74, 6) is 1.08. The molecule has 6 heteroatoms. The van der Waals surface area contributed by atoms with Crippen LogP contribution in [0, 0.1) is 0 Å². The third kappa shape index (κ3) is 5.22. The number of amides is 1. The lowest BCUT2D eigenvalue weighted by Gasteiger charge is -2.23. The molecule has 2 aromatic rings. The zero-order valence-corrected chi connectivity index (χ0v) is 16.6. The van der Waals surface area contributed by atoms with Gasteiger partial charge in [0.2, 0.25) is 5.91 Å². The predicted octanol–water partition coefficient (Wildman–Crippen LogP) is 2.55. The van der Waals surface area contributed by atoms with Crippen molar-refractivity contribution in [2.45, 2.75) is 31.5 Å². The Morgan fingerprint density at radius 3 is 2.67 bits per heavy atom. The highest BCUT2D eigenvalue weighted by Crippen LogP contribution is 2.27. The van der Waals surface area contributed by atoms with E-state index in [4.69, 9.17) is 10.5 Å². The Bertz CT molecular complexity index is 741. The molecule has 146 valence electrons. The summed E-state index contributed by atoms with van der Waals surface area (Å²) < 4.78 is 5.22. The van der Waals surface area contributed by atoms with Crippen molar-refractivity contribution in [3.05, 3.63) is 65.7 Å². The smallest absolute Gasteiger partial charge is 0.237 e. The Hall–Kier alpha value is -2.08. The summed E-state index contributed by atoms with van der Waals surface area (Å²) in [5.41, 5.74) is 8.61. The first kappa shape index (κ1) is 21.2. The lowest BCUT2D eigenvalue weighted by Crippen LogP contribution is -2.44. The Balaban J connectivity index is 0.00000261. The van der Waals surface area contributed by atoms with Crippen LogP contribution < -0.4 is 15.8 Å². The van der Waals surface area contributed by atoms with Crippen molar-refractivity contribution in [2.24, 2.45) is 5.73 Å². The highest BCUT2D eigenvalue weighted by atomic mass is 35.5. The third-order valence-corrected chi connectivity index (χ3v) is 5.15. The standard InChI is InChI=1S/C21H27N3O2.ClH/c1-15(21(25)23-12-16-7-6-10-18(11-16)26-2)24-13-19(20(22)14-24)17-8-4-3-5-9-17;/h3-11,15,19-20H,12-14,22H2,1-2H3,(H,23,25);1H/t15?,19-,20+;/m0./s1. The number of methoxy groups -OCH3 is 1. The highest BCUT2D eigenvalue weighted by molar-refractivity contribution is 5.85. The molecule has 1 aliphatic heterocycles. The van der Waals surface area contributed by atoms with Crippen LogP contribution in [0.4, 0.5) is 0 Å². The molecule has 1 heterocycles. The Morgan fingerprint density at radius 1 is 1.22 bits per heavy atom. The van der Waals surface area contributed by atoms with Gasteiger partial charge in [0, 0.05) is 31.6 Å². The van der Waals surface area contributed by atoms with E-state index in [2.05, 4.69) is 22.3 Å². The van der Waals surface area contributed by atoms with E-state index in [0.29, 0.717) is 6.54 Å². The molecule has 2 aromatic carbocycles. The first-order valence-electron chi connectivity index (χ1n) is 9.03. The molecule has 1 aliphatic rings. The molecule has 0 radical (unpaired) electrons. The highest BCUT2D eigenvalue weighted by Gasteiger charge is 2.35. The molecule has 3 atom stereocenters. The lowest BCUT2D eigenvalue weighted by atomic mass is 9.95. The van der Waals surface area contributed by atoms with Gasteiger partial charge in [0.15, 0.2) is 0 Å². The second-order valence-electron chi connectivity index (χ2n) is 6.88. The van der Waals surface area contributed by atoms with Crippen molar-refractivity contribution < 1.29 is 9.53 Å². The van der Waals surface area contributed by atoms with Gasteiger partial charge in [-0.2, -0.15) is 0 Å². The van der Waals surface area contributed by atoms with E-state index in [9.17, 15) is 4.79 Å². The van der Waals surface area contributed by atoms with Crippen LogP contribution in [0.5, 0.6) is 5.75 Å². The van der Waals surface area contributed by atoms with Gasteiger partial charge in [0.1, 0.15) is 5.75 Å². The summed E-state index contributed by atoms with van der Waals surface area (Å²) in [6.07, 6.45) is 0. The molecule has 0 saturated carbocycles. The topological polar surface area (TPSA) is 67.6 Å². The maximum atomic E-state index is 12.6. The minimum Gasteiger partial charge on any atom is -0.497 e. The first-order chi connectivity index (χ1) is 12.6. The number of rotatable bonds is 6. The van der Waals surface area contributed by atoms with E-state index in [-0.39, 0.29) is 36.3 Å². The Morgan fingerprint density at radius 2 is 1.96 bits per heavy atom. The first-order valence-corrected chi connectivity index (χ1v) is 9.03. The van der Waals surface area contributed by atoms with E-state index in [0.717, 1.165) is 24.4 Å². The molecule has 0 aromatic heterocycles. The lowest BCUT2D eigenvalue weighted by molar-refractivity contribution is -0.125. The van der Waals surface area contributed by atoms with E-state index >= 15 is 0 Å². The zero-order valence-electron chi connectivity index (χ0n) is 15.8. The van der Waals surface area contributed by atoms with Gasteiger partial charge in [-0.25, -0.2) is 0 Å². The molecule has 5 nitrogen and oxygen atoms in total. The summed E-state index contributed by atoms with van der Waals surface area (Å²) in [7, 11) is 1.64. The Kier molecular flexibility index (Phi) is 7.66. The number of nitrogens with zero attached hydrogens (tertiary/aromatic N) is 1. The van der Waals surface area contributed by atoms with Crippen LogP contribution in [0.2, 0.25) is 0 Å². The van der Waals surface area contributed by atoms with Gasteiger partial charge in [0.25, 0.3) is 0 Å². The molecular formula is C21H28ClN3O2. The van der Waals surface area contributed by atoms with Gasteiger partial charge in [-0.1, -0.05) is 42.5 Å². The van der Waals surface area contributed by atoms with Crippen molar-refractivity contribution in [3.8, 4) is 5.75 Å². The minimum absolute atomic E-state index is 0.